The zero-order chi connectivity index (χ0) is 24.7. The highest BCUT2D eigenvalue weighted by atomic mass is 19.1. The maximum atomic E-state index is 13.1. The Morgan fingerprint density at radius 3 is 2.31 bits per heavy atom. The molecule has 0 bridgehead atoms. The molecule has 0 saturated carbocycles. The maximum Gasteiger partial charge on any atom is 0.253 e. The number of halogens is 1. The fourth-order valence-corrected chi connectivity index (χ4v) is 3.04. The SMILES string of the molecule is C=C(/C=C(\C)F)/C(C=O)=C/c1[nH]c(C)c(C(=O)NCCN(CC)CC)c1C.C=CCNC. The number of hydrogen-bond acceptors (Lipinski definition) is 4. The summed E-state index contributed by atoms with van der Waals surface area (Å²) in [7, 11) is 1.89. The van der Waals surface area contributed by atoms with Crippen molar-refractivity contribution in [2.24, 2.45) is 0 Å². The number of aromatic nitrogens is 1. The van der Waals surface area contributed by atoms with Gasteiger partial charge in [-0.25, -0.2) is 4.39 Å². The lowest BCUT2D eigenvalue weighted by molar-refractivity contribution is -0.104. The lowest BCUT2D eigenvalue weighted by atomic mass is 10.0. The lowest BCUT2D eigenvalue weighted by Crippen LogP contribution is -2.35. The van der Waals surface area contributed by atoms with Crippen molar-refractivity contribution >= 4 is 18.3 Å². The second kappa shape index (κ2) is 15.9. The van der Waals surface area contributed by atoms with Crippen LogP contribution in [0, 0.1) is 13.8 Å². The van der Waals surface area contributed by atoms with Crippen LogP contribution >= 0.6 is 0 Å². The molecule has 1 heterocycles. The van der Waals surface area contributed by atoms with Crippen molar-refractivity contribution in [3.8, 4) is 0 Å². The van der Waals surface area contributed by atoms with Crippen LogP contribution in [0.3, 0.4) is 0 Å². The minimum absolute atomic E-state index is 0.154. The molecule has 1 rings (SSSR count). The Labute approximate surface area is 192 Å². The van der Waals surface area contributed by atoms with Crippen LogP contribution in [-0.2, 0) is 4.79 Å². The number of allylic oxidation sites excluding steroid dienone is 4. The summed E-state index contributed by atoms with van der Waals surface area (Å²) in [5.74, 6) is -0.584. The summed E-state index contributed by atoms with van der Waals surface area (Å²) in [5.41, 5.74) is 3.18. The molecule has 0 spiro atoms. The predicted octanol–water partition coefficient (Wildman–Crippen LogP) is 4.11. The van der Waals surface area contributed by atoms with Gasteiger partial charge in [0.1, 0.15) is 0 Å². The number of H-pyrrole nitrogens is 1. The van der Waals surface area contributed by atoms with Gasteiger partial charge in [-0.3, -0.25) is 9.59 Å². The van der Waals surface area contributed by atoms with Gasteiger partial charge in [0.05, 0.1) is 11.4 Å². The predicted molar refractivity (Wildman–Crippen MR) is 133 cm³/mol. The lowest BCUT2D eigenvalue weighted by Gasteiger charge is -2.18. The standard InChI is InChI=1S/C21H30FN3O2.C4H9N/c1-7-25(8-2)10-9-23-21(27)20-16(5)19(24-17(20)6)12-18(13-26)14(3)11-15(4)22;1-3-4-5-2/h11-13,24H,3,7-10H2,1-2,4-6H3,(H,23,27);3,5H,1,4H2,2H3/b15-11+,18-12+;. The van der Waals surface area contributed by atoms with Gasteiger partial charge in [0.15, 0.2) is 6.29 Å². The average Bonchev–Trinajstić information content (AvgIpc) is 3.02. The minimum atomic E-state index is -0.430. The molecule has 0 saturated heterocycles. The Kier molecular flexibility index (Phi) is 14.6. The van der Waals surface area contributed by atoms with Crippen molar-refractivity contribution in [3.63, 3.8) is 0 Å². The van der Waals surface area contributed by atoms with E-state index in [0.29, 0.717) is 29.8 Å². The maximum absolute atomic E-state index is 13.1. The molecule has 0 unspecified atom stereocenters. The number of aromatic amines is 1. The summed E-state index contributed by atoms with van der Waals surface area (Å²) >= 11 is 0. The van der Waals surface area contributed by atoms with Crippen LogP contribution < -0.4 is 10.6 Å². The van der Waals surface area contributed by atoms with Gasteiger partial charge in [0.2, 0.25) is 0 Å². The number of likely N-dealkylation sites (N-methyl/N-ethyl adjacent to an activating group) is 2. The Balaban J connectivity index is 0.00000172. The molecule has 0 fully saturated rings. The molecule has 7 heteroatoms. The first-order chi connectivity index (χ1) is 15.2. The molecule has 1 aromatic rings. The van der Waals surface area contributed by atoms with E-state index in [1.165, 1.54) is 13.0 Å². The van der Waals surface area contributed by atoms with Gasteiger partial charge >= 0.3 is 0 Å². The molecule has 1 amide bonds. The molecular formula is C25H39FN4O2. The quantitative estimate of drug-likeness (QED) is 0.195. The molecule has 0 aromatic carbocycles. The van der Waals surface area contributed by atoms with Crippen LogP contribution in [0.15, 0.2) is 42.3 Å². The Hall–Kier alpha value is -2.77. The monoisotopic (exact) mass is 446 g/mol. The van der Waals surface area contributed by atoms with Crippen LogP contribution in [0.5, 0.6) is 0 Å². The van der Waals surface area contributed by atoms with Gasteiger partial charge in [-0.1, -0.05) is 26.5 Å². The van der Waals surface area contributed by atoms with Crippen LogP contribution in [0.4, 0.5) is 4.39 Å². The number of rotatable bonds is 12. The number of amides is 1. The highest BCUT2D eigenvalue weighted by Crippen LogP contribution is 2.22. The smallest absolute Gasteiger partial charge is 0.253 e. The van der Waals surface area contributed by atoms with Crippen molar-refractivity contribution in [2.75, 3.05) is 39.8 Å². The molecule has 0 atom stereocenters. The van der Waals surface area contributed by atoms with Crippen LogP contribution in [0.25, 0.3) is 6.08 Å². The van der Waals surface area contributed by atoms with E-state index in [1.54, 1.807) is 6.08 Å². The number of aryl methyl sites for hydroxylation is 1. The van der Waals surface area contributed by atoms with Crippen molar-refractivity contribution in [1.82, 2.24) is 20.5 Å². The molecule has 178 valence electrons. The van der Waals surface area contributed by atoms with E-state index in [2.05, 4.69) is 47.5 Å². The van der Waals surface area contributed by atoms with Gasteiger partial charge in [-0.15, -0.1) is 6.58 Å². The fraction of sp³-hybridized carbons (Fsp3) is 0.440. The molecule has 0 aliphatic rings. The topological polar surface area (TPSA) is 77.2 Å². The number of nitrogens with zero attached hydrogens (tertiary/aromatic N) is 1. The minimum Gasteiger partial charge on any atom is -0.358 e. The summed E-state index contributed by atoms with van der Waals surface area (Å²) in [4.78, 5) is 29.3. The molecule has 1 aromatic heterocycles. The second-order valence-electron chi connectivity index (χ2n) is 7.27. The zero-order valence-corrected chi connectivity index (χ0v) is 20.4. The third-order valence-corrected chi connectivity index (χ3v) is 4.83. The third kappa shape index (κ3) is 10.0. The van der Waals surface area contributed by atoms with E-state index in [9.17, 15) is 14.0 Å². The number of aldehydes is 1. The Morgan fingerprint density at radius 2 is 1.88 bits per heavy atom. The first-order valence-corrected chi connectivity index (χ1v) is 10.8. The molecule has 0 aliphatic carbocycles. The first kappa shape index (κ1) is 29.2. The van der Waals surface area contributed by atoms with Gasteiger partial charge in [-0.2, -0.15) is 0 Å². The van der Waals surface area contributed by atoms with Crippen LogP contribution in [-0.4, -0.2) is 61.8 Å². The fourth-order valence-electron chi connectivity index (χ4n) is 3.04. The van der Waals surface area contributed by atoms with Gasteiger partial charge in [-0.05, 0) is 64.2 Å². The summed E-state index contributed by atoms with van der Waals surface area (Å²) in [5, 5.41) is 5.84. The molecule has 0 radical (unpaired) electrons. The molecule has 6 nitrogen and oxygen atoms in total. The zero-order valence-electron chi connectivity index (χ0n) is 20.4. The number of hydrogen-bond donors (Lipinski definition) is 3. The third-order valence-electron chi connectivity index (χ3n) is 4.83. The van der Waals surface area contributed by atoms with Crippen LogP contribution in [0.1, 0.15) is 48.1 Å². The molecular weight excluding hydrogens is 407 g/mol. The van der Waals surface area contributed by atoms with E-state index in [4.69, 9.17) is 0 Å². The van der Waals surface area contributed by atoms with E-state index in [1.807, 2.05) is 27.0 Å². The van der Waals surface area contributed by atoms with Crippen molar-refractivity contribution in [2.45, 2.75) is 34.6 Å². The van der Waals surface area contributed by atoms with Crippen molar-refractivity contribution < 1.29 is 14.0 Å². The highest BCUT2D eigenvalue weighted by molar-refractivity contribution is 5.98. The van der Waals surface area contributed by atoms with E-state index >= 15 is 0 Å². The number of carbonyl (C=O) groups excluding carboxylic acids is 2. The summed E-state index contributed by atoms with van der Waals surface area (Å²) in [6, 6.07) is 0. The van der Waals surface area contributed by atoms with Crippen molar-refractivity contribution in [3.05, 3.63) is 64.8 Å². The van der Waals surface area contributed by atoms with Gasteiger partial charge in [0, 0.05) is 36.6 Å². The van der Waals surface area contributed by atoms with Crippen molar-refractivity contribution in [1.29, 1.82) is 0 Å². The molecule has 3 N–H and O–H groups in total. The number of nitrogens with one attached hydrogen (secondary N) is 3. The summed E-state index contributed by atoms with van der Waals surface area (Å²) in [6.07, 6.45) is 5.23. The van der Waals surface area contributed by atoms with Crippen LogP contribution in [0.2, 0.25) is 0 Å². The van der Waals surface area contributed by atoms with Gasteiger partial charge < -0.3 is 20.5 Å². The van der Waals surface area contributed by atoms with Gasteiger partial charge in [0.25, 0.3) is 5.91 Å². The van der Waals surface area contributed by atoms with E-state index < -0.39 is 5.83 Å². The average molecular weight is 447 g/mol. The highest BCUT2D eigenvalue weighted by Gasteiger charge is 2.17. The summed E-state index contributed by atoms with van der Waals surface area (Å²) < 4.78 is 13.1. The number of carbonyl (C=O) groups is 2. The first-order valence-electron chi connectivity index (χ1n) is 10.8. The molecule has 32 heavy (non-hydrogen) atoms. The normalized spacial score (nSPS) is 11.6. The van der Waals surface area contributed by atoms with E-state index in [-0.39, 0.29) is 17.1 Å². The second-order valence-corrected chi connectivity index (χ2v) is 7.27. The summed E-state index contributed by atoms with van der Waals surface area (Å²) in [6.45, 7) is 20.4. The molecule has 0 aliphatic heterocycles. The Morgan fingerprint density at radius 1 is 1.25 bits per heavy atom. The van der Waals surface area contributed by atoms with E-state index in [0.717, 1.165) is 31.7 Å². The Bertz CT molecular complexity index is 829. The largest absolute Gasteiger partial charge is 0.358 e.